The molecule has 1 saturated carbocycles. The quantitative estimate of drug-likeness (QED) is 0.521. The average molecular weight is 246 g/mol. The number of allylic oxidation sites excluding steroid dienone is 1. The summed E-state index contributed by atoms with van der Waals surface area (Å²) in [5.41, 5.74) is 3.69. The van der Waals surface area contributed by atoms with Gasteiger partial charge in [-0.15, -0.1) is 0 Å². The summed E-state index contributed by atoms with van der Waals surface area (Å²) in [5, 5.41) is 0. The second-order valence-electron chi connectivity index (χ2n) is 6.32. The number of carbonyl (C=O) groups is 1. The first-order chi connectivity index (χ1) is 8.58. The molecule has 3 rings (SSSR count). The van der Waals surface area contributed by atoms with Crippen molar-refractivity contribution in [2.45, 2.75) is 52.1 Å². The van der Waals surface area contributed by atoms with Gasteiger partial charge in [0, 0.05) is 5.57 Å². The van der Waals surface area contributed by atoms with E-state index in [9.17, 15) is 4.79 Å². The van der Waals surface area contributed by atoms with Crippen LogP contribution in [0, 0.1) is 17.8 Å². The predicted molar refractivity (Wildman–Crippen MR) is 70.9 cm³/mol. The molecule has 0 aromatic heterocycles. The minimum absolute atomic E-state index is 0.0272. The van der Waals surface area contributed by atoms with Crippen LogP contribution in [0.1, 0.15) is 46.0 Å². The summed E-state index contributed by atoms with van der Waals surface area (Å²) in [4.78, 5) is 11.9. The van der Waals surface area contributed by atoms with E-state index in [1.165, 1.54) is 24.0 Å². The van der Waals surface area contributed by atoms with Crippen molar-refractivity contribution < 1.29 is 9.53 Å². The number of rotatable bonds is 1. The van der Waals surface area contributed by atoms with Crippen molar-refractivity contribution in [1.82, 2.24) is 0 Å². The van der Waals surface area contributed by atoms with Crippen LogP contribution in [0.4, 0.5) is 0 Å². The normalized spacial score (nSPS) is 39.1. The zero-order valence-corrected chi connectivity index (χ0v) is 11.4. The number of esters is 1. The van der Waals surface area contributed by atoms with E-state index in [4.69, 9.17) is 4.74 Å². The van der Waals surface area contributed by atoms with Gasteiger partial charge in [-0.2, -0.15) is 0 Å². The Morgan fingerprint density at radius 2 is 2.17 bits per heavy atom. The Morgan fingerprint density at radius 1 is 1.39 bits per heavy atom. The minimum Gasteiger partial charge on any atom is -0.454 e. The molecular weight excluding hydrogens is 224 g/mol. The summed E-state index contributed by atoms with van der Waals surface area (Å²) in [5.74, 6) is 1.80. The predicted octanol–water partition coefficient (Wildman–Crippen LogP) is 3.63. The van der Waals surface area contributed by atoms with Gasteiger partial charge in [-0.1, -0.05) is 19.1 Å². The van der Waals surface area contributed by atoms with E-state index in [1.54, 1.807) is 0 Å². The highest BCUT2D eigenvalue weighted by Crippen LogP contribution is 2.50. The molecule has 1 fully saturated rings. The van der Waals surface area contributed by atoms with E-state index in [0.29, 0.717) is 17.8 Å². The van der Waals surface area contributed by atoms with Crippen LogP contribution in [0.25, 0.3) is 0 Å². The molecule has 1 heterocycles. The zero-order valence-electron chi connectivity index (χ0n) is 11.4. The molecule has 2 nitrogen and oxygen atoms in total. The van der Waals surface area contributed by atoms with Crippen molar-refractivity contribution in [2.75, 3.05) is 0 Å². The number of carbonyl (C=O) groups excluding carboxylic acids is 1. The molecule has 0 spiro atoms. The molecule has 18 heavy (non-hydrogen) atoms. The fourth-order valence-corrected chi connectivity index (χ4v) is 4.02. The van der Waals surface area contributed by atoms with Gasteiger partial charge in [-0.05, 0) is 62.4 Å². The van der Waals surface area contributed by atoms with Crippen LogP contribution < -0.4 is 0 Å². The topological polar surface area (TPSA) is 26.3 Å². The second-order valence-corrected chi connectivity index (χ2v) is 6.32. The maximum atomic E-state index is 11.9. The summed E-state index contributed by atoms with van der Waals surface area (Å²) < 4.78 is 5.54. The first kappa shape index (κ1) is 12.0. The van der Waals surface area contributed by atoms with E-state index < -0.39 is 0 Å². The molecule has 0 bridgehead atoms. The van der Waals surface area contributed by atoms with E-state index in [1.807, 2.05) is 0 Å². The van der Waals surface area contributed by atoms with Crippen LogP contribution >= 0.6 is 0 Å². The molecule has 2 aliphatic carbocycles. The number of hydrogen-bond donors (Lipinski definition) is 0. The van der Waals surface area contributed by atoms with Crippen molar-refractivity contribution in [1.29, 1.82) is 0 Å². The molecule has 98 valence electrons. The monoisotopic (exact) mass is 246 g/mol. The van der Waals surface area contributed by atoms with Gasteiger partial charge >= 0.3 is 5.97 Å². The van der Waals surface area contributed by atoms with Gasteiger partial charge in [-0.3, -0.25) is 0 Å². The van der Waals surface area contributed by atoms with E-state index in [2.05, 4.69) is 20.4 Å². The summed E-state index contributed by atoms with van der Waals surface area (Å²) in [6, 6.07) is 0. The third kappa shape index (κ3) is 1.73. The molecule has 0 unspecified atom stereocenters. The first-order valence-electron chi connectivity index (χ1n) is 7.17. The number of hydrogen-bond acceptors (Lipinski definition) is 2. The molecule has 0 amide bonds. The van der Waals surface area contributed by atoms with Gasteiger partial charge in [0.1, 0.15) is 6.10 Å². The molecule has 0 aromatic carbocycles. The number of ether oxygens (including phenoxy) is 1. The third-order valence-electron chi connectivity index (χ3n) is 5.08. The van der Waals surface area contributed by atoms with E-state index in [-0.39, 0.29) is 12.1 Å². The third-order valence-corrected chi connectivity index (χ3v) is 5.08. The maximum Gasteiger partial charge on any atom is 0.334 e. The van der Waals surface area contributed by atoms with Crippen molar-refractivity contribution in [3.8, 4) is 0 Å². The van der Waals surface area contributed by atoms with Gasteiger partial charge in [0.05, 0.1) is 0 Å². The minimum atomic E-state index is -0.0272. The lowest BCUT2D eigenvalue weighted by Gasteiger charge is -2.27. The Balaban J connectivity index is 1.96. The zero-order chi connectivity index (χ0) is 12.9. The Kier molecular flexibility index (Phi) is 2.84. The fraction of sp³-hybridized carbons (Fsp3) is 0.688. The summed E-state index contributed by atoms with van der Waals surface area (Å²) in [7, 11) is 0. The lowest BCUT2D eigenvalue weighted by atomic mass is 9.77. The van der Waals surface area contributed by atoms with Crippen molar-refractivity contribution >= 4 is 5.97 Å². The molecule has 0 N–H and O–H groups in total. The first-order valence-corrected chi connectivity index (χ1v) is 7.17. The molecule has 3 aliphatic rings. The van der Waals surface area contributed by atoms with E-state index >= 15 is 0 Å². The molecule has 1 aliphatic heterocycles. The van der Waals surface area contributed by atoms with Crippen LogP contribution in [0.5, 0.6) is 0 Å². The molecule has 2 heteroatoms. The average Bonchev–Trinajstić information content (AvgIpc) is 2.67. The Bertz CT molecular complexity index is 432. The standard InChI is InChI=1S/C16H22O2/c1-9(2)11-5-4-6-12-15-13(8-11)10(3)7-14(15)18-16(12)17/h10-11,13-14H,1,4-8H2,2-3H3/t10-,11+,13-,14+/m0/s1. The van der Waals surface area contributed by atoms with Gasteiger partial charge in [-0.25, -0.2) is 4.79 Å². The van der Waals surface area contributed by atoms with Gasteiger partial charge < -0.3 is 4.74 Å². The van der Waals surface area contributed by atoms with Crippen LogP contribution in [0.2, 0.25) is 0 Å². The van der Waals surface area contributed by atoms with Crippen molar-refractivity contribution in [2.24, 2.45) is 17.8 Å². The summed E-state index contributed by atoms with van der Waals surface area (Å²) >= 11 is 0. The maximum absolute atomic E-state index is 11.9. The Morgan fingerprint density at radius 3 is 2.89 bits per heavy atom. The smallest absolute Gasteiger partial charge is 0.334 e. The second kappa shape index (κ2) is 4.25. The van der Waals surface area contributed by atoms with Gasteiger partial charge in [0.15, 0.2) is 0 Å². The summed E-state index contributed by atoms with van der Waals surface area (Å²) in [6.07, 6.45) is 5.49. The Labute approximate surface area is 109 Å². The molecule has 4 atom stereocenters. The lowest BCUT2D eigenvalue weighted by molar-refractivity contribution is -0.140. The highest BCUT2D eigenvalue weighted by molar-refractivity contribution is 5.92. The SMILES string of the molecule is C=C(C)[C@@H]1CCCC2=C3[C@@H](C1)[C@@H](C)C[C@H]3OC2=O. The fourth-order valence-electron chi connectivity index (χ4n) is 4.02. The largest absolute Gasteiger partial charge is 0.454 e. The molecule has 0 aromatic rings. The van der Waals surface area contributed by atoms with Crippen molar-refractivity contribution in [3.63, 3.8) is 0 Å². The van der Waals surface area contributed by atoms with Crippen LogP contribution in [-0.2, 0) is 9.53 Å². The molecule has 0 saturated heterocycles. The lowest BCUT2D eigenvalue weighted by Crippen LogP contribution is -2.17. The van der Waals surface area contributed by atoms with Crippen molar-refractivity contribution in [3.05, 3.63) is 23.3 Å². The van der Waals surface area contributed by atoms with Crippen LogP contribution in [0.15, 0.2) is 23.3 Å². The molecular formula is C16H22O2. The highest BCUT2D eigenvalue weighted by Gasteiger charge is 2.47. The van der Waals surface area contributed by atoms with E-state index in [0.717, 1.165) is 24.8 Å². The van der Waals surface area contributed by atoms with Gasteiger partial charge in [0.2, 0.25) is 0 Å². The summed E-state index contributed by atoms with van der Waals surface area (Å²) in [6.45, 7) is 8.60. The van der Waals surface area contributed by atoms with Crippen LogP contribution in [-0.4, -0.2) is 12.1 Å². The molecule has 0 radical (unpaired) electrons. The van der Waals surface area contributed by atoms with Gasteiger partial charge in [0.25, 0.3) is 0 Å². The highest BCUT2D eigenvalue weighted by atomic mass is 16.5. The van der Waals surface area contributed by atoms with Crippen LogP contribution in [0.3, 0.4) is 0 Å². The Hall–Kier alpha value is -1.05.